The Bertz CT molecular complexity index is 1360. The minimum atomic E-state index is -3.78. The van der Waals surface area contributed by atoms with Crippen molar-refractivity contribution >= 4 is 43.1 Å². The van der Waals surface area contributed by atoms with E-state index in [1.165, 1.54) is 36.8 Å². The molecule has 1 aromatic rings. The van der Waals surface area contributed by atoms with E-state index in [1.807, 2.05) is 6.92 Å². The normalized spacial score (nSPS) is 21.9. The second-order valence-electron chi connectivity index (χ2n) is 9.98. The lowest BCUT2D eigenvalue weighted by molar-refractivity contribution is -0.115. The van der Waals surface area contributed by atoms with Gasteiger partial charge in [-0.3, -0.25) is 4.79 Å². The third kappa shape index (κ3) is 6.63. The van der Waals surface area contributed by atoms with Crippen molar-refractivity contribution < 1.29 is 13.2 Å². The summed E-state index contributed by atoms with van der Waals surface area (Å²) in [4.78, 5) is 12.7. The Morgan fingerprint density at radius 1 is 1.16 bits per heavy atom. The highest BCUT2D eigenvalue weighted by Gasteiger charge is 2.26. The van der Waals surface area contributed by atoms with Gasteiger partial charge in [0.15, 0.2) is 0 Å². The fourth-order valence-corrected chi connectivity index (χ4v) is 7.03. The van der Waals surface area contributed by atoms with Crippen LogP contribution in [-0.4, -0.2) is 25.6 Å². The molecule has 7 heteroatoms. The summed E-state index contributed by atoms with van der Waals surface area (Å²) in [5.74, 6) is -0.591. The predicted molar refractivity (Wildman–Crippen MR) is 157 cm³/mol. The van der Waals surface area contributed by atoms with Crippen LogP contribution in [0.3, 0.4) is 0 Å². The average Bonchev–Trinajstić information content (AvgIpc) is 3.37. The second kappa shape index (κ2) is 11.8. The Morgan fingerprint density at radius 2 is 1.92 bits per heavy atom. The molecule has 0 saturated heterocycles. The highest BCUT2D eigenvalue weighted by atomic mass is 79.9. The zero-order valence-corrected chi connectivity index (χ0v) is 24.1. The number of amides is 1. The molecule has 1 atom stereocenters. The van der Waals surface area contributed by atoms with Gasteiger partial charge in [0, 0.05) is 21.8 Å². The van der Waals surface area contributed by atoms with Gasteiger partial charge in [0.1, 0.15) is 5.25 Å². The molecule has 4 rings (SSSR count). The van der Waals surface area contributed by atoms with E-state index in [2.05, 4.69) is 63.2 Å². The third-order valence-corrected chi connectivity index (χ3v) is 9.43. The minimum absolute atomic E-state index is 0.359. The number of carbonyl (C=O) groups is 1. The first-order valence-electron chi connectivity index (χ1n) is 12.9. The molecule has 1 amide bonds. The number of hydrogen-bond donors (Lipinski definition) is 2. The van der Waals surface area contributed by atoms with Crippen molar-refractivity contribution in [3.8, 4) is 0 Å². The van der Waals surface area contributed by atoms with Crippen molar-refractivity contribution in [2.75, 3.05) is 5.32 Å². The van der Waals surface area contributed by atoms with Crippen molar-refractivity contribution in [3.05, 3.63) is 93.1 Å². The Morgan fingerprint density at radius 3 is 2.57 bits per heavy atom. The van der Waals surface area contributed by atoms with E-state index in [0.717, 1.165) is 26.9 Å². The van der Waals surface area contributed by atoms with Gasteiger partial charge in [0.25, 0.3) is 5.91 Å². The maximum atomic E-state index is 12.7. The molecule has 1 fully saturated rings. The van der Waals surface area contributed by atoms with E-state index >= 15 is 0 Å². The van der Waals surface area contributed by atoms with Crippen molar-refractivity contribution in [1.29, 1.82) is 0 Å². The number of benzene rings is 1. The first kappa shape index (κ1) is 27.4. The molecular formula is C30H35BrN2O3S. The summed E-state index contributed by atoms with van der Waals surface area (Å²) in [6, 6.07) is 7.03. The van der Waals surface area contributed by atoms with Crippen molar-refractivity contribution in [3.63, 3.8) is 0 Å². The molecule has 5 nitrogen and oxygen atoms in total. The minimum Gasteiger partial charge on any atom is -0.382 e. The molecule has 3 aliphatic carbocycles. The fourth-order valence-electron chi connectivity index (χ4n) is 5.22. The van der Waals surface area contributed by atoms with Crippen LogP contribution in [0.2, 0.25) is 0 Å². The van der Waals surface area contributed by atoms with Gasteiger partial charge in [-0.1, -0.05) is 77.4 Å². The molecule has 0 aliphatic heterocycles. The molecule has 0 heterocycles. The van der Waals surface area contributed by atoms with Crippen LogP contribution in [0.1, 0.15) is 64.9 Å². The molecule has 1 unspecified atom stereocenters. The number of sulfonamides is 1. The summed E-state index contributed by atoms with van der Waals surface area (Å²) >= 11 is 3.80. The SMILES string of the molecule is C/C=C1/CC(/C=C(\C)C(=O)NS(=O)(=O)C2C=CC=CC2)=CC(C)=C1c1ccc(NC2CCCC2)cc1Br. The van der Waals surface area contributed by atoms with Crippen LogP contribution >= 0.6 is 15.9 Å². The van der Waals surface area contributed by atoms with Gasteiger partial charge in [-0.25, -0.2) is 13.1 Å². The van der Waals surface area contributed by atoms with Gasteiger partial charge in [-0.15, -0.1) is 0 Å². The molecule has 196 valence electrons. The summed E-state index contributed by atoms with van der Waals surface area (Å²) < 4.78 is 28.5. The Labute approximate surface area is 229 Å². The average molecular weight is 584 g/mol. The first-order chi connectivity index (χ1) is 17.7. The Balaban J connectivity index is 1.54. The number of nitrogens with one attached hydrogen (secondary N) is 2. The van der Waals surface area contributed by atoms with Gasteiger partial charge in [0.2, 0.25) is 10.0 Å². The van der Waals surface area contributed by atoms with E-state index in [9.17, 15) is 13.2 Å². The molecule has 0 bridgehead atoms. The Kier molecular flexibility index (Phi) is 8.75. The highest BCUT2D eigenvalue weighted by molar-refractivity contribution is 9.10. The number of hydrogen-bond acceptors (Lipinski definition) is 4. The number of anilines is 1. The summed E-state index contributed by atoms with van der Waals surface area (Å²) in [5, 5.41) is 2.92. The molecule has 1 saturated carbocycles. The van der Waals surface area contributed by atoms with Crippen LogP contribution in [0.5, 0.6) is 0 Å². The van der Waals surface area contributed by atoms with Gasteiger partial charge in [-0.05, 0) is 86.4 Å². The molecule has 0 radical (unpaired) electrons. The maximum absolute atomic E-state index is 12.7. The van der Waals surface area contributed by atoms with Crippen molar-refractivity contribution in [2.45, 2.75) is 70.6 Å². The zero-order valence-electron chi connectivity index (χ0n) is 21.7. The molecule has 37 heavy (non-hydrogen) atoms. The number of rotatable bonds is 7. The van der Waals surface area contributed by atoms with Gasteiger partial charge < -0.3 is 5.32 Å². The van der Waals surface area contributed by atoms with Gasteiger partial charge in [0.05, 0.1) is 0 Å². The van der Waals surface area contributed by atoms with E-state index in [1.54, 1.807) is 37.3 Å². The lowest BCUT2D eigenvalue weighted by Crippen LogP contribution is -2.38. The number of allylic oxidation sites excluding steroid dienone is 10. The van der Waals surface area contributed by atoms with Crippen LogP contribution in [0.25, 0.3) is 5.57 Å². The maximum Gasteiger partial charge on any atom is 0.260 e. The lowest BCUT2D eigenvalue weighted by Gasteiger charge is -2.23. The van der Waals surface area contributed by atoms with Gasteiger partial charge >= 0.3 is 0 Å². The third-order valence-electron chi connectivity index (χ3n) is 7.16. The van der Waals surface area contributed by atoms with Crippen LogP contribution in [0.15, 0.2) is 87.5 Å². The van der Waals surface area contributed by atoms with Crippen LogP contribution in [0, 0.1) is 0 Å². The summed E-state index contributed by atoms with van der Waals surface area (Å²) in [7, 11) is -3.78. The van der Waals surface area contributed by atoms with E-state index < -0.39 is 21.2 Å². The number of halogens is 1. The smallest absolute Gasteiger partial charge is 0.260 e. The summed E-state index contributed by atoms with van der Waals surface area (Å²) in [5.41, 5.74) is 7.05. The van der Waals surface area contributed by atoms with Crippen molar-refractivity contribution in [1.82, 2.24) is 4.72 Å². The molecule has 2 N–H and O–H groups in total. The molecule has 1 aromatic carbocycles. The van der Waals surface area contributed by atoms with Crippen LogP contribution in [0.4, 0.5) is 5.69 Å². The zero-order chi connectivity index (χ0) is 26.6. The quantitative estimate of drug-likeness (QED) is 0.335. The monoisotopic (exact) mass is 582 g/mol. The predicted octanol–water partition coefficient (Wildman–Crippen LogP) is 7.13. The molecular weight excluding hydrogens is 548 g/mol. The van der Waals surface area contributed by atoms with Crippen molar-refractivity contribution in [2.24, 2.45) is 0 Å². The summed E-state index contributed by atoms with van der Waals surface area (Å²) in [6.07, 6.45) is 18.9. The lowest BCUT2D eigenvalue weighted by atomic mass is 9.83. The highest BCUT2D eigenvalue weighted by Crippen LogP contribution is 2.40. The largest absolute Gasteiger partial charge is 0.382 e. The molecule has 0 spiro atoms. The van der Waals surface area contributed by atoms with Crippen LogP contribution < -0.4 is 10.0 Å². The second-order valence-corrected chi connectivity index (χ2v) is 12.7. The molecule has 3 aliphatic rings. The first-order valence-corrected chi connectivity index (χ1v) is 15.2. The number of carbonyl (C=O) groups excluding carboxylic acids is 1. The van der Waals surface area contributed by atoms with Gasteiger partial charge in [-0.2, -0.15) is 0 Å². The topological polar surface area (TPSA) is 75.3 Å². The summed E-state index contributed by atoms with van der Waals surface area (Å²) in [6.45, 7) is 5.75. The molecule has 0 aromatic heterocycles. The van der Waals surface area contributed by atoms with Crippen LogP contribution in [-0.2, 0) is 14.8 Å². The van der Waals surface area contributed by atoms with E-state index in [0.29, 0.717) is 24.5 Å². The fraction of sp³-hybridized carbons (Fsp3) is 0.367. The Hall–Kier alpha value is -2.64. The van der Waals surface area contributed by atoms with E-state index in [4.69, 9.17) is 0 Å². The van der Waals surface area contributed by atoms with E-state index in [-0.39, 0.29) is 0 Å². The standard InChI is InChI=1S/C30H35BrN2O3S/c1-4-23-18-22(17-21(3)30(34)33-37(35,36)26-12-6-5-7-13-26)16-20(2)29(23)27-15-14-25(19-28(27)31)32-24-10-8-9-11-24/h4-7,12,14-17,19,24,26,32H,8-11,13,18H2,1-3H3,(H,33,34)/b21-17+,23-4-.